The molecule has 0 aliphatic rings. The first kappa shape index (κ1) is 17.3. The molecule has 2 rings (SSSR count). The second kappa shape index (κ2) is 7.31. The molecule has 0 aliphatic heterocycles. The zero-order valence-corrected chi connectivity index (χ0v) is 13.8. The summed E-state index contributed by atoms with van der Waals surface area (Å²) < 4.78 is 19.0. The highest BCUT2D eigenvalue weighted by Gasteiger charge is 2.17. The summed E-state index contributed by atoms with van der Waals surface area (Å²) in [6, 6.07) is 1.50. The van der Waals surface area contributed by atoms with Crippen LogP contribution in [0.15, 0.2) is 15.3 Å². The van der Waals surface area contributed by atoms with E-state index in [1.807, 2.05) is 13.8 Å². The fourth-order valence-electron chi connectivity index (χ4n) is 1.64. The number of fused-ring (bicyclic) bond motifs is 1. The summed E-state index contributed by atoms with van der Waals surface area (Å²) in [4.78, 5) is 29.5. The summed E-state index contributed by atoms with van der Waals surface area (Å²) in [7, 11) is 0. The molecule has 2 aromatic rings. The van der Waals surface area contributed by atoms with E-state index in [1.165, 1.54) is 6.07 Å². The fourth-order valence-corrected chi connectivity index (χ4v) is 1.94. The Morgan fingerprint density at radius 3 is 2.67 bits per heavy atom. The van der Waals surface area contributed by atoms with E-state index >= 15 is 0 Å². The Bertz CT molecular complexity index is 728. The third-order valence-corrected chi connectivity index (χ3v) is 3.51. The van der Waals surface area contributed by atoms with Crippen LogP contribution in [-0.2, 0) is 4.74 Å². The van der Waals surface area contributed by atoms with Gasteiger partial charge >= 0.3 is 5.97 Å². The number of ether oxygens (including phenoxy) is 1. The minimum Gasteiger partial charge on any atom is -0.460 e. The molecular weight excluding hydrogens is 343 g/mol. The standard InChI is InChI=1S/C12H10BrFN2O3.C2H6/c1-3-19-12(18)10-15-9-6(11(17)16-10)4-5(2)7(13)8(9)14;1-2/h4H,3H2,1-2H3,(H,15,16,17);1-2H3. The molecule has 0 spiro atoms. The lowest BCUT2D eigenvalue weighted by molar-refractivity contribution is 0.0512. The van der Waals surface area contributed by atoms with Gasteiger partial charge in [-0.3, -0.25) is 4.79 Å². The maximum absolute atomic E-state index is 14.1. The molecule has 1 aromatic carbocycles. The molecule has 0 bridgehead atoms. The number of carbonyl (C=O) groups excluding carboxylic acids is 1. The van der Waals surface area contributed by atoms with Crippen LogP contribution in [0.3, 0.4) is 0 Å². The van der Waals surface area contributed by atoms with Gasteiger partial charge in [-0.1, -0.05) is 13.8 Å². The first-order valence-corrected chi connectivity index (χ1v) is 7.30. The van der Waals surface area contributed by atoms with Crippen molar-refractivity contribution >= 4 is 32.8 Å². The Balaban J connectivity index is 0.00000106. The number of esters is 1. The average molecular weight is 359 g/mol. The molecule has 7 heteroatoms. The Hall–Kier alpha value is -1.76. The van der Waals surface area contributed by atoms with Gasteiger partial charge < -0.3 is 9.72 Å². The number of aromatic nitrogens is 2. The van der Waals surface area contributed by atoms with E-state index in [4.69, 9.17) is 4.74 Å². The highest BCUT2D eigenvalue weighted by atomic mass is 79.9. The number of nitrogens with one attached hydrogen (secondary N) is 1. The molecule has 0 saturated heterocycles. The maximum Gasteiger partial charge on any atom is 0.374 e. The van der Waals surface area contributed by atoms with E-state index in [2.05, 4.69) is 25.9 Å². The molecule has 0 atom stereocenters. The molecule has 0 aliphatic carbocycles. The van der Waals surface area contributed by atoms with Crippen LogP contribution in [0.25, 0.3) is 10.9 Å². The molecular formula is C14H16BrFN2O3. The molecule has 0 radical (unpaired) electrons. The number of halogens is 2. The Morgan fingerprint density at radius 2 is 2.10 bits per heavy atom. The molecule has 114 valence electrons. The number of rotatable bonds is 2. The minimum atomic E-state index is -0.794. The van der Waals surface area contributed by atoms with Gasteiger partial charge in [0.05, 0.1) is 16.5 Å². The van der Waals surface area contributed by atoms with Crippen molar-refractivity contribution in [3.05, 3.63) is 38.1 Å². The van der Waals surface area contributed by atoms with Crippen molar-refractivity contribution < 1.29 is 13.9 Å². The monoisotopic (exact) mass is 358 g/mol. The van der Waals surface area contributed by atoms with E-state index in [-0.39, 0.29) is 27.8 Å². The van der Waals surface area contributed by atoms with Gasteiger partial charge in [0.15, 0.2) is 5.82 Å². The highest BCUT2D eigenvalue weighted by Crippen LogP contribution is 2.25. The molecule has 1 aromatic heterocycles. The van der Waals surface area contributed by atoms with Gasteiger partial charge in [0.2, 0.25) is 5.82 Å². The number of nitrogens with zero attached hydrogens (tertiary/aromatic N) is 1. The summed E-state index contributed by atoms with van der Waals surface area (Å²) in [5.41, 5.74) is -0.173. The van der Waals surface area contributed by atoms with Crippen molar-refractivity contribution in [2.75, 3.05) is 6.61 Å². The van der Waals surface area contributed by atoms with E-state index in [0.29, 0.717) is 5.56 Å². The number of hydrogen-bond donors (Lipinski definition) is 1. The third kappa shape index (κ3) is 3.47. The molecule has 0 saturated carbocycles. The zero-order chi connectivity index (χ0) is 16.2. The van der Waals surface area contributed by atoms with Crippen molar-refractivity contribution in [3.63, 3.8) is 0 Å². The number of H-pyrrole nitrogens is 1. The fraction of sp³-hybridized carbons (Fsp3) is 0.357. The van der Waals surface area contributed by atoms with Crippen LogP contribution >= 0.6 is 15.9 Å². The summed E-state index contributed by atoms with van der Waals surface area (Å²) >= 11 is 3.07. The van der Waals surface area contributed by atoms with Crippen LogP contribution in [-0.4, -0.2) is 22.5 Å². The summed E-state index contributed by atoms with van der Waals surface area (Å²) in [6.07, 6.45) is 0. The van der Waals surface area contributed by atoms with E-state index < -0.39 is 17.3 Å². The van der Waals surface area contributed by atoms with Gasteiger partial charge in [0.1, 0.15) is 5.52 Å². The van der Waals surface area contributed by atoms with Crippen molar-refractivity contribution in [1.82, 2.24) is 9.97 Å². The SMILES string of the molecule is CC.CCOC(=O)c1nc2c(F)c(Br)c(C)cc2c(=O)[nH]1. The first-order chi connectivity index (χ1) is 9.95. The first-order valence-electron chi connectivity index (χ1n) is 6.51. The van der Waals surface area contributed by atoms with Gasteiger partial charge in [-0.05, 0) is 41.4 Å². The number of aryl methyl sites for hydroxylation is 1. The van der Waals surface area contributed by atoms with Crippen molar-refractivity contribution in [1.29, 1.82) is 0 Å². The smallest absolute Gasteiger partial charge is 0.374 e. The van der Waals surface area contributed by atoms with Crippen molar-refractivity contribution in [3.8, 4) is 0 Å². The molecule has 5 nitrogen and oxygen atoms in total. The maximum atomic E-state index is 14.1. The number of aromatic amines is 1. The van der Waals surface area contributed by atoms with Gasteiger partial charge in [0, 0.05) is 0 Å². The predicted octanol–water partition coefficient (Wildman–Crippen LogP) is 3.34. The van der Waals surface area contributed by atoms with Crippen LogP contribution in [0.5, 0.6) is 0 Å². The molecule has 0 unspecified atom stereocenters. The van der Waals surface area contributed by atoms with E-state index in [0.717, 1.165) is 0 Å². The zero-order valence-electron chi connectivity index (χ0n) is 12.2. The summed E-state index contributed by atoms with van der Waals surface area (Å²) in [5.74, 6) is -1.78. The Morgan fingerprint density at radius 1 is 1.48 bits per heavy atom. The van der Waals surface area contributed by atoms with Gasteiger partial charge in [-0.2, -0.15) is 0 Å². The lowest BCUT2D eigenvalue weighted by Gasteiger charge is -2.06. The molecule has 21 heavy (non-hydrogen) atoms. The lowest BCUT2D eigenvalue weighted by atomic mass is 10.1. The van der Waals surface area contributed by atoms with Crippen LogP contribution in [0.1, 0.15) is 37.0 Å². The van der Waals surface area contributed by atoms with Crippen LogP contribution < -0.4 is 5.56 Å². The van der Waals surface area contributed by atoms with Gasteiger partial charge in [-0.25, -0.2) is 14.2 Å². The summed E-state index contributed by atoms with van der Waals surface area (Å²) in [5, 5.41) is 0.0891. The third-order valence-electron chi connectivity index (χ3n) is 2.53. The molecule has 0 amide bonds. The molecule has 1 N–H and O–H groups in total. The second-order valence-electron chi connectivity index (χ2n) is 3.85. The molecule has 0 fully saturated rings. The number of hydrogen-bond acceptors (Lipinski definition) is 4. The van der Waals surface area contributed by atoms with Crippen LogP contribution in [0.2, 0.25) is 0 Å². The normalized spacial score (nSPS) is 10.0. The van der Waals surface area contributed by atoms with Crippen molar-refractivity contribution in [2.24, 2.45) is 0 Å². The van der Waals surface area contributed by atoms with Crippen LogP contribution in [0, 0.1) is 12.7 Å². The Kier molecular flexibility index (Phi) is 6.02. The van der Waals surface area contributed by atoms with E-state index in [9.17, 15) is 14.0 Å². The number of benzene rings is 1. The van der Waals surface area contributed by atoms with E-state index in [1.54, 1.807) is 13.8 Å². The lowest BCUT2D eigenvalue weighted by Crippen LogP contribution is -2.18. The molecule has 1 heterocycles. The predicted molar refractivity (Wildman–Crippen MR) is 82.1 cm³/mol. The topological polar surface area (TPSA) is 72.0 Å². The van der Waals surface area contributed by atoms with Crippen molar-refractivity contribution in [2.45, 2.75) is 27.7 Å². The van der Waals surface area contributed by atoms with Crippen LogP contribution in [0.4, 0.5) is 4.39 Å². The van der Waals surface area contributed by atoms with Gasteiger partial charge in [0.25, 0.3) is 5.56 Å². The largest absolute Gasteiger partial charge is 0.460 e. The Labute approximate surface area is 129 Å². The summed E-state index contributed by atoms with van der Waals surface area (Å²) in [6.45, 7) is 7.42. The quantitative estimate of drug-likeness (QED) is 0.835. The minimum absolute atomic E-state index is 0.0891. The second-order valence-corrected chi connectivity index (χ2v) is 4.65. The van der Waals surface area contributed by atoms with Gasteiger partial charge in [-0.15, -0.1) is 0 Å². The highest BCUT2D eigenvalue weighted by molar-refractivity contribution is 9.10. The number of carbonyl (C=O) groups is 1. The average Bonchev–Trinajstić information content (AvgIpc) is 2.48.